The van der Waals surface area contributed by atoms with Gasteiger partial charge < -0.3 is 15.6 Å². The van der Waals surface area contributed by atoms with Gasteiger partial charge in [0.25, 0.3) is 0 Å². The van der Waals surface area contributed by atoms with Gasteiger partial charge >= 0.3 is 0 Å². The van der Waals surface area contributed by atoms with Crippen molar-refractivity contribution in [3.05, 3.63) is 60.2 Å². The van der Waals surface area contributed by atoms with E-state index in [-0.39, 0.29) is 11.8 Å². The smallest absolute Gasteiger partial charge is 0.119 e. The van der Waals surface area contributed by atoms with Gasteiger partial charge in [-0.15, -0.1) is 0 Å². The van der Waals surface area contributed by atoms with Crippen molar-refractivity contribution in [2.45, 2.75) is 12.5 Å². The van der Waals surface area contributed by atoms with Crippen LogP contribution in [-0.4, -0.2) is 17.8 Å². The van der Waals surface area contributed by atoms with Crippen molar-refractivity contribution in [3.8, 4) is 11.5 Å². The molecule has 0 fully saturated rings. The summed E-state index contributed by atoms with van der Waals surface area (Å²) in [5.41, 5.74) is 7.10. The lowest BCUT2D eigenvalue weighted by molar-refractivity contribution is 0.287. The van der Waals surface area contributed by atoms with Crippen LogP contribution in [0.15, 0.2) is 54.6 Å². The molecule has 3 N–H and O–H groups in total. The second kappa shape index (κ2) is 6.07. The van der Waals surface area contributed by atoms with Crippen molar-refractivity contribution < 1.29 is 9.84 Å². The highest BCUT2D eigenvalue weighted by molar-refractivity contribution is 5.26. The van der Waals surface area contributed by atoms with Crippen LogP contribution in [0.5, 0.6) is 11.5 Å². The average Bonchev–Trinajstić information content (AvgIpc) is 2.40. The van der Waals surface area contributed by atoms with Crippen LogP contribution in [0.1, 0.15) is 5.56 Å². The molecule has 0 saturated heterocycles. The fourth-order valence-electron chi connectivity index (χ4n) is 1.71. The zero-order chi connectivity index (χ0) is 12.8. The van der Waals surface area contributed by atoms with Crippen molar-refractivity contribution in [1.82, 2.24) is 0 Å². The molecule has 2 aromatic rings. The number of ether oxygens (including phenoxy) is 1. The first-order valence-electron chi connectivity index (χ1n) is 5.95. The summed E-state index contributed by atoms with van der Waals surface area (Å²) in [7, 11) is 0. The minimum atomic E-state index is -0.0604. The molecule has 0 aliphatic rings. The molecule has 0 heterocycles. The number of hydrogen-bond donors (Lipinski definition) is 2. The van der Waals surface area contributed by atoms with Crippen molar-refractivity contribution in [2.75, 3.05) is 6.61 Å². The van der Waals surface area contributed by atoms with Gasteiger partial charge in [-0.05, 0) is 36.2 Å². The number of aromatic hydroxyl groups is 1. The predicted molar refractivity (Wildman–Crippen MR) is 71.7 cm³/mol. The quantitative estimate of drug-likeness (QED) is 0.847. The van der Waals surface area contributed by atoms with E-state index >= 15 is 0 Å². The molecule has 2 aromatic carbocycles. The maximum atomic E-state index is 9.19. The molecule has 0 aromatic heterocycles. The second-order valence-electron chi connectivity index (χ2n) is 4.25. The van der Waals surface area contributed by atoms with Crippen molar-refractivity contribution >= 4 is 0 Å². The van der Waals surface area contributed by atoms with Gasteiger partial charge in [0, 0.05) is 6.04 Å². The molecule has 0 saturated carbocycles. The monoisotopic (exact) mass is 243 g/mol. The summed E-state index contributed by atoms with van der Waals surface area (Å²) in [6.45, 7) is 0.477. The number of hydrogen-bond acceptors (Lipinski definition) is 3. The number of para-hydroxylation sites is 1. The topological polar surface area (TPSA) is 55.5 Å². The van der Waals surface area contributed by atoms with Crippen LogP contribution in [0.25, 0.3) is 0 Å². The first-order chi connectivity index (χ1) is 8.74. The summed E-state index contributed by atoms with van der Waals surface area (Å²) in [4.78, 5) is 0. The van der Waals surface area contributed by atoms with Gasteiger partial charge in [-0.1, -0.05) is 30.3 Å². The largest absolute Gasteiger partial charge is 0.508 e. The first kappa shape index (κ1) is 12.5. The molecule has 1 atom stereocenters. The Morgan fingerprint density at radius 1 is 1.00 bits per heavy atom. The third-order valence-corrected chi connectivity index (χ3v) is 2.64. The summed E-state index contributed by atoms with van der Waals surface area (Å²) in [6, 6.07) is 16.6. The molecule has 3 heteroatoms. The number of benzene rings is 2. The van der Waals surface area contributed by atoms with Gasteiger partial charge in [0.1, 0.15) is 18.1 Å². The van der Waals surface area contributed by atoms with Crippen LogP contribution < -0.4 is 10.5 Å². The zero-order valence-corrected chi connectivity index (χ0v) is 10.1. The highest BCUT2D eigenvalue weighted by Crippen LogP contribution is 2.12. The van der Waals surface area contributed by atoms with Crippen LogP contribution in [0.2, 0.25) is 0 Å². The molecule has 0 aliphatic heterocycles. The number of phenols is 1. The molecule has 3 nitrogen and oxygen atoms in total. The van der Waals surface area contributed by atoms with Crippen LogP contribution in [0.4, 0.5) is 0 Å². The molecule has 0 spiro atoms. The molecular weight excluding hydrogens is 226 g/mol. The summed E-state index contributed by atoms with van der Waals surface area (Å²) < 4.78 is 5.59. The van der Waals surface area contributed by atoms with E-state index in [9.17, 15) is 5.11 Å². The average molecular weight is 243 g/mol. The first-order valence-corrected chi connectivity index (χ1v) is 5.95. The van der Waals surface area contributed by atoms with Crippen LogP contribution in [0.3, 0.4) is 0 Å². The summed E-state index contributed by atoms with van der Waals surface area (Å²) >= 11 is 0. The van der Waals surface area contributed by atoms with Crippen molar-refractivity contribution in [3.63, 3.8) is 0 Å². The van der Waals surface area contributed by atoms with E-state index in [1.54, 1.807) is 12.1 Å². The van der Waals surface area contributed by atoms with E-state index < -0.39 is 0 Å². The van der Waals surface area contributed by atoms with Gasteiger partial charge in [-0.3, -0.25) is 0 Å². The summed E-state index contributed by atoms with van der Waals surface area (Å²) in [5.74, 6) is 1.10. The molecular formula is C15H17NO2. The molecule has 0 bridgehead atoms. The molecule has 18 heavy (non-hydrogen) atoms. The van der Waals surface area contributed by atoms with E-state index in [1.165, 1.54) is 0 Å². The van der Waals surface area contributed by atoms with E-state index in [0.717, 1.165) is 17.7 Å². The zero-order valence-electron chi connectivity index (χ0n) is 10.1. The van der Waals surface area contributed by atoms with Gasteiger partial charge in [0.2, 0.25) is 0 Å². The lowest BCUT2D eigenvalue weighted by Gasteiger charge is -2.13. The highest BCUT2D eigenvalue weighted by atomic mass is 16.5. The van der Waals surface area contributed by atoms with Crippen LogP contribution in [-0.2, 0) is 6.42 Å². The van der Waals surface area contributed by atoms with Crippen LogP contribution >= 0.6 is 0 Å². The van der Waals surface area contributed by atoms with Crippen molar-refractivity contribution in [1.29, 1.82) is 0 Å². The molecule has 0 amide bonds. The third-order valence-electron chi connectivity index (χ3n) is 2.64. The molecule has 1 unspecified atom stereocenters. The second-order valence-corrected chi connectivity index (χ2v) is 4.25. The maximum Gasteiger partial charge on any atom is 0.119 e. The van der Waals surface area contributed by atoms with Gasteiger partial charge in [-0.25, -0.2) is 0 Å². The Morgan fingerprint density at radius 3 is 2.33 bits per heavy atom. The SMILES string of the molecule is NC(COc1ccccc1)Cc1ccc(O)cc1. The summed E-state index contributed by atoms with van der Waals surface area (Å²) in [6.07, 6.45) is 0.729. The van der Waals surface area contributed by atoms with Gasteiger partial charge in [0.05, 0.1) is 0 Å². The number of rotatable bonds is 5. The number of nitrogens with two attached hydrogens (primary N) is 1. The molecule has 2 rings (SSSR count). The van der Waals surface area contributed by atoms with E-state index in [4.69, 9.17) is 10.5 Å². The lowest BCUT2D eigenvalue weighted by Crippen LogP contribution is -2.30. The van der Waals surface area contributed by atoms with E-state index in [2.05, 4.69) is 0 Å². The van der Waals surface area contributed by atoms with Gasteiger partial charge in [-0.2, -0.15) is 0 Å². The van der Waals surface area contributed by atoms with Crippen LogP contribution in [0, 0.1) is 0 Å². The Bertz CT molecular complexity index is 468. The minimum absolute atomic E-state index is 0.0604. The lowest BCUT2D eigenvalue weighted by atomic mass is 10.1. The summed E-state index contributed by atoms with van der Waals surface area (Å²) in [5, 5.41) is 9.19. The Labute approximate surface area is 107 Å². The van der Waals surface area contributed by atoms with Gasteiger partial charge in [0.15, 0.2) is 0 Å². The fraction of sp³-hybridized carbons (Fsp3) is 0.200. The molecule has 94 valence electrons. The maximum absolute atomic E-state index is 9.19. The molecule has 0 radical (unpaired) electrons. The normalized spacial score (nSPS) is 12.1. The number of phenolic OH excluding ortho intramolecular Hbond substituents is 1. The Kier molecular flexibility index (Phi) is 4.20. The highest BCUT2D eigenvalue weighted by Gasteiger charge is 2.05. The minimum Gasteiger partial charge on any atom is -0.508 e. The Morgan fingerprint density at radius 2 is 1.67 bits per heavy atom. The molecule has 0 aliphatic carbocycles. The third kappa shape index (κ3) is 3.79. The van der Waals surface area contributed by atoms with E-state index in [0.29, 0.717) is 6.61 Å². The predicted octanol–water partition coefficient (Wildman–Crippen LogP) is 2.34. The fourth-order valence-corrected chi connectivity index (χ4v) is 1.71. The van der Waals surface area contributed by atoms with E-state index in [1.807, 2.05) is 42.5 Å². The Hall–Kier alpha value is -2.00. The van der Waals surface area contributed by atoms with Crippen molar-refractivity contribution in [2.24, 2.45) is 5.73 Å². The standard InChI is InChI=1S/C15H17NO2/c16-13(10-12-6-8-14(17)9-7-12)11-18-15-4-2-1-3-5-15/h1-9,13,17H,10-11,16H2. The Balaban J connectivity index is 1.82.